The summed E-state index contributed by atoms with van der Waals surface area (Å²) in [7, 11) is 0. The zero-order valence-corrected chi connectivity index (χ0v) is 12.3. The summed E-state index contributed by atoms with van der Waals surface area (Å²) in [5.74, 6) is 0.620. The molecule has 0 unspecified atom stereocenters. The highest BCUT2D eigenvalue weighted by Gasteiger charge is 2.09. The maximum Gasteiger partial charge on any atom is 0.324 e. The summed E-state index contributed by atoms with van der Waals surface area (Å²) in [6, 6.07) is 8.27. The molecule has 0 spiro atoms. The van der Waals surface area contributed by atoms with Gasteiger partial charge in [0.15, 0.2) is 5.78 Å². The molecule has 0 aliphatic rings. The third-order valence-corrected chi connectivity index (χ3v) is 2.95. The van der Waals surface area contributed by atoms with E-state index in [4.69, 9.17) is 0 Å². The summed E-state index contributed by atoms with van der Waals surface area (Å²) in [6.45, 7) is 5.47. The molecule has 0 aliphatic carbocycles. The highest BCUT2D eigenvalue weighted by atomic mass is 16.2. The maximum atomic E-state index is 11.9. The highest BCUT2D eigenvalue weighted by Crippen LogP contribution is 2.14. The van der Waals surface area contributed by atoms with Gasteiger partial charge in [0, 0.05) is 23.4 Å². The number of carbonyl (C=O) groups is 2. The van der Waals surface area contributed by atoms with Crippen LogP contribution in [0.15, 0.2) is 36.5 Å². The van der Waals surface area contributed by atoms with Crippen molar-refractivity contribution in [2.75, 3.05) is 10.6 Å². The monoisotopic (exact) mass is 286 g/mol. The average molecular weight is 286 g/mol. The van der Waals surface area contributed by atoms with E-state index in [2.05, 4.69) is 15.7 Å². The first kappa shape index (κ1) is 14.8. The number of nitrogens with one attached hydrogen (secondary N) is 2. The van der Waals surface area contributed by atoms with Gasteiger partial charge in [-0.2, -0.15) is 5.10 Å². The summed E-state index contributed by atoms with van der Waals surface area (Å²) >= 11 is 0. The van der Waals surface area contributed by atoms with Crippen molar-refractivity contribution in [3.8, 4) is 0 Å². The Morgan fingerprint density at radius 3 is 2.33 bits per heavy atom. The zero-order chi connectivity index (χ0) is 15.4. The van der Waals surface area contributed by atoms with E-state index in [0.29, 0.717) is 17.1 Å². The summed E-state index contributed by atoms with van der Waals surface area (Å²) in [6.07, 6.45) is 1.64. The number of carbonyl (C=O) groups excluding carboxylic acids is 2. The SMILES string of the molecule is CC(=O)c1ccc(NC(=O)Nc2ccnn2C(C)C)cc1. The van der Waals surface area contributed by atoms with Gasteiger partial charge in [-0.3, -0.25) is 10.1 Å². The van der Waals surface area contributed by atoms with Gasteiger partial charge in [-0.05, 0) is 45.0 Å². The Balaban J connectivity index is 2.01. The smallest absolute Gasteiger partial charge is 0.308 e. The second-order valence-electron chi connectivity index (χ2n) is 4.97. The number of benzene rings is 1. The summed E-state index contributed by atoms with van der Waals surface area (Å²) < 4.78 is 1.72. The van der Waals surface area contributed by atoms with Crippen molar-refractivity contribution in [3.63, 3.8) is 0 Å². The van der Waals surface area contributed by atoms with Crippen molar-refractivity contribution in [1.29, 1.82) is 0 Å². The van der Waals surface area contributed by atoms with Crippen LogP contribution in [0.3, 0.4) is 0 Å². The van der Waals surface area contributed by atoms with Gasteiger partial charge >= 0.3 is 6.03 Å². The molecule has 1 aromatic carbocycles. The molecule has 0 radical (unpaired) electrons. The molecule has 110 valence electrons. The molecule has 0 saturated carbocycles. The number of Topliss-reactive ketones (excluding diaryl/α,β-unsaturated/α-hetero) is 1. The Morgan fingerprint density at radius 2 is 1.76 bits per heavy atom. The molecule has 0 saturated heterocycles. The van der Waals surface area contributed by atoms with Crippen LogP contribution in [-0.4, -0.2) is 21.6 Å². The Kier molecular flexibility index (Phi) is 4.37. The van der Waals surface area contributed by atoms with Crippen LogP contribution in [0.4, 0.5) is 16.3 Å². The fourth-order valence-corrected chi connectivity index (χ4v) is 1.89. The van der Waals surface area contributed by atoms with Crippen LogP contribution in [0.5, 0.6) is 0 Å². The van der Waals surface area contributed by atoms with Gasteiger partial charge in [-0.1, -0.05) is 0 Å². The molecule has 0 bridgehead atoms. The van der Waals surface area contributed by atoms with Crippen molar-refractivity contribution in [1.82, 2.24) is 9.78 Å². The lowest BCUT2D eigenvalue weighted by Gasteiger charge is -2.12. The molecule has 1 heterocycles. The van der Waals surface area contributed by atoms with Crippen molar-refractivity contribution in [3.05, 3.63) is 42.1 Å². The Hall–Kier alpha value is -2.63. The third kappa shape index (κ3) is 3.68. The largest absolute Gasteiger partial charge is 0.324 e. The lowest BCUT2D eigenvalue weighted by Crippen LogP contribution is -2.22. The number of amides is 2. The van der Waals surface area contributed by atoms with Gasteiger partial charge in [0.2, 0.25) is 0 Å². The highest BCUT2D eigenvalue weighted by molar-refractivity contribution is 6.00. The number of hydrogen-bond donors (Lipinski definition) is 2. The molecule has 6 nitrogen and oxygen atoms in total. The van der Waals surface area contributed by atoms with E-state index >= 15 is 0 Å². The van der Waals surface area contributed by atoms with Crippen LogP contribution in [0.25, 0.3) is 0 Å². The lowest BCUT2D eigenvalue weighted by molar-refractivity contribution is 0.101. The summed E-state index contributed by atoms with van der Waals surface area (Å²) in [5.41, 5.74) is 1.23. The van der Waals surface area contributed by atoms with Crippen LogP contribution >= 0.6 is 0 Å². The van der Waals surface area contributed by atoms with Gasteiger partial charge in [0.25, 0.3) is 0 Å². The number of rotatable bonds is 4. The van der Waals surface area contributed by atoms with E-state index < -0.39 is 0 Å². The van der Waals surface area contributed by atoms with E-state index in [0.717, 1.165) is 0 Å². The lowest BCUT2D eigenvalue weighted by atomic mass is 10.1. The van der Waals surface area contributed by atoms with Crippen LogP contribution in [0.1, 0.15) is 37.2 Å². The summed E-state index contributed by atoms with van der Waals surface area (Å²) in [4.78, 5) is 23.1. The number of anilines is 2. The first-order chi connectivity index (χ1) is 9.97. The quantitative estimate of drug-likeness (QED) is 0.847. The van der Waals surface area contributed by atoms with Crippen molar-refractivity contribution < 1.29 is 9.59 Å². The van der Waals surface area contributed by atoms with E-state index in [9.17, 15) is 9.59 Å². The predicted molar refractivity (Wildman–Crippen MR) is 81.7 cm³/mol. The first-order valence-corrected chi connectivity index (χ1v) is 6.70. The second kappa shape index (κ2) is 6.21. The molecule has 2 aromatic rings. The van der Waals surface area contributed by atoms with Gasteiger partial charge in [-0.25, -0.2) is 9.48 Å². The molecule has 0 fully saturated rings. The van der Waals surface area contributed by atoms with Crippen LogP contribution < -0.4 is 10.6 Å². The van der Waals surface area contributed by atoms with Gasteiger partial charge in [0.05, 0.1) is 6.20 Å². The molecular weight excluding hydrogens is 268 g/mol. The second-order valence-corrected chi connectivity index (χ2v) is 4.97. The van der Waals surface area contributed by atoms with Crippen molar-refractivity contribution in [2.24, 2.45) is 0 Å². The average Bonchev–Trinajstić information content (AvgIpc) is 2.87. The Bertz CT molecular complexity index is 644. The molecule has 1 aromatic heterocycles. The van der Waals surface area contributed by atoms with E-state index in [1.54, 1.807) is 41.2 Å². The molecule has 0 aliphatic heterocycles. The molecule has 2 amide bonds. The molecule has 6 heteroatoms. The van der Waals surface area contributed by atoms with Crippen LogP contribution in [-0.2, 0) is 0 Å². The fraction of sp³-hybridized carbons (Fsp3) is 0.267. The fourth-order valence-electron chi connectivity index (χ4n) is 1.89. The van der Waals surface area contributed by atoms with Gasteiger partial charge in [-0.15, -0.1) is 0 Å². The third-order valence-electron chi connectivity index (χ3n) is 2.95. The molecule has 2 rings (SSSR count). The zero-order valence-electron chi connectivity index (χ0n) is 12.3. The number of aromatic nitrogens is 2. The number of nitrogens with zero attached hydrogens (tertiary/aromatic N) is 2. The minimum atomic E-state index is -0.354. The van der Waals surface area contributed by atoms with Crippen LogP contribution in [0.2, 0.25) is 0 Å². The van der Waals surface area contributed by atoms with Gasteiger partial charge in [0.1, 0.15) is 5.82 Å². The standard InChI is InChI=1S/C15H18N4O2/c1-10(2)19-14(8-9-16-19)18-15(21)17-13-6-4-12(5-7-13)11(3)20/h4-10H,1-3H3,(H2,17,18,21). The predicted octanol–water partition coefficient (Wildman–Crippen LogP) is 3.31. The minimum absolute atomic E-state index is 0.00756. The Morgan fingerprint density at radius 1 is 1.10 bits per heavy atom. The Labute approximate surface area is 123 Å². The van der Waals surface area contributed by atoms with E-state index in [1.165, 1.54) is 6.92 Å². The van der Waals surface area contributed by atoms with Crippen molar-refractivity contribution >= 4 is 23.3 Å². The minimum Gasteiger partial charge on any atom is -0.308 e. The normalized spacial score (nSPS) is 10.5. The van der Waals surface area contributed by atoms with E-state index in [1.807, 2.05) is 13.8 Å². The van der Waals surface area contributed by atoms with Gasteiger partial charge < -0.3 is 5.32 Å². The summed E-state index contributed by atoms with van der Waals surface area (Å²) in [5, 5.41) is 9.59. The molecule has 2 N–H and O–H groups in total. The first-order valence-electron chi connectivity index (χ1n) is 6.70. The van der Waals surface area contributed by atoms with E-state index in [-0.39, 0.29) is 17.9 Å². The number of hydrogen-bond acceptors (Lipinski definition) is 3. The topological polar surface area (TPSA) is 76.0 Å². The molecular formula is C15H18N4O2. The number of ketones is 1. The molecule has 21 heavy (non-hydrogen) atoms. The maximum absolute atomic E-state index is 11.9. The number of urea groups is 1. The van der Waals surface area contributed by atoms with Crippen molar-refractivity contribution in [2.45, 2.75) is 26.8 Å². The molecule has 0 atom stereocenters. The van der Waals surface area contributed by atoms with Crippen LogP contribution in [0, 0.1) is 0 Å².